The lowest BCUT2D eigenvalue weighted by molar-refractivity contribution is -0.122. The summed E-state index contributed by atoms with van der Waals surface area (Å²) in [6.07, 6.45) is 1.64. The quantitative estimate of drug-likeness (QED) is 0.627. The third kappa shape index (κ3) is 5.85. The molecule has 6 heteroatoms. The van der Waals surface area contributed by atoms with Crippen LogP contribution >= 0.6 is 11.3 Å². The van der Waals surface area contributed by atoms with Crippen LogP contribution in [0.1, 0.15) is 35.9 Å². The zero-order valence-corrected chi connectivity index (χ0v) is 11.8. The Balaban J connectivity index is 2.13. The second-order valence-corrected chi connectivity index (χ2v) is 5.14. The first-order valence-electron chi connectivity index (χ1n) is 6.39. The molecule has 1 rings (SSSR count). The van der Waals surface area contributed by atoms with E-state index in [4.69, 9.17) is 5.11 Å². The predicted octanol–water partition coefficient (Wildman–Crippen LogP) is 1.15. The van der Waals surface area contributed by atoms with Crippen LogP contribution in [0.2, 0.25) is 0 Å². The van der Waals surface area contributed by atoms with Crippen molar-refractivity contribution in [2.45, 2.75) is 32.2 Å². The highest BCUT2D eigenvalue weighted by Gasteiger charge is 2.09. The maximum atomic E-state index is 11.6. The highest BCUT2D eigenvalue weighted by molar-refractivity contribution is 7.12. The first-order chi connectivity index (χ1) is 9.17. The zero-order chi connectivity index (χ0) is 14.1. The molecule has 1 aromatic heterocycles. The monoisotopic (exact) mass is 284 g/mol. The van der Waals surface area contributed by atoms with Gasteiger partial charge in [0.15, 0.2) is 0 Å². The van der Waals surface area contributed by atoms with Gasteiger partial charge in [-0.25, -0.2) is 0 Å². The van der Waals surface area contributed by atoms with Crippen LogP contribution in [0.15, 0.2) is 17.5 Å². The van der Waals surface area contributed by atoms with Crippen molar-refractivity contribution >= 4 is 23.2 Å². The molecule has 0 spiro atoms. The molecule has 0 fully saturated rings. The molecule has 1 atom stereocenters. The molecule has 3 N–H and O–H groups in total. The van der Waals surface area contributed by atoms with E-state index in [0.29, 0.717) is 30.7 Å². The van der Waals surface area contributed by atoms with Crippen molar-refractivity contribution in [3.05, 3.63) is 22.4 Å². The molecule has 0 aliphatic carbocycles. The molecule has 106 valence electrons. The first kappa shape index (κ1) is 15.7. The highest BCUT2D eigenvalue weighted by atomic mass is 32.1. The molecule has 5 nitrogen and oxygen atoms in total. The van der Waals surface area contributed by atoms with E-state index in [9.17, 15) is 9.59 Å². The van der Waals surface area contributed by atoms with E-state index in [-0.39, 0.29) is 24.5 Å². The van der Waals surface area contributed by atoms with Crippen LogP contribution in [0.4, 0.5) is 0 Å². The molecule has 0 aliphatic heterocycles. The van der Waals surface area contributed by atoms with Gasteiger partial charge in [0.05, 0.1) is 17.5 Å². The fourth-order valence-corrected chi connectivity index (χ4v) is 2.16. The molecule has 19 heavy (non-hydrogen) atoms. The van der Waals surface area contributed by atoms with Gasteiger partial charge in [0.2, 0.25) is 5.91 Å². The van der Waals surface area contributed by atoms with Crippen molar-refractivity contribution in [3.63, 3.8) is 0 Å². The highest BCUT2D eigenvalue weighted by Crippen LogP contribution is 2.07. The van der Waals surface area contributed by atoms with Crippen LogP contribution in [0, 0.1) is 0 Å². The van der Waals surface area contributed by atoms with Crippen LogP contribution in [0.5, 0.6) is 0 Å². The summed E-state index contributed by atoms with van der Waals surface area (Å²) in [5.41, 5.74) is 0. The Morgan fingerprint density at radius 1 is 1.47 bits per heavy atom. The molecule has 0 aromatic carbocycles. The minimum Gasteiger partial charge on any atom is -0.394 e. The molecule has 0 saturated carbocycles. The smallest absolute Gasteiger partial charge is 0.261 e. The predicted molar refractivity (Wildman–Crippen MR) is 75.2 cm³/mol. The van der Waals surface area contributed by atoms with Crippen LogP contribution in [0.25, 0.3) is 0 Å². The molecule has 0 aliphatic rings. The Morgan fingerprint density at radius 3 is 2.84 bits per heavy atom. The number of carbonyl (C=O) groups is 2. The van der Waals surface area contributed by atoms with Crippen molar-refractivity contribution in [1.82, 2.24) is 10.6 Å². The topological polar surface area (TPSA) is 78.4 Å². The van der Waals surface area contributed by atoms with Crippen molar-refractivity contribution in [1.29, 1.82) is 0 Å². The number of aliphatic hydroxyl groups is 1. The summed E-state index contributed by atoms with van der Waals surface area (Å²) in [5, 5.41) is 16.3. The Labute approximate surface area is 117 Å². The summed E-state index contributed by atoms with van der Waals surface area (Å²) in [7, 11) is 0. The lowest BCUT2D eigenvalue weighted by Gasteiger charge is -2.13. The van der Waals surface area contributed by atoms with Gasteiger partial charge in [0, 0.05) is 13.0 Å². The third-order valence-corrected chi connectivity index (χ3v) is 3.56. The Kier molecular flexibility index (Phi) is 7.14. The van der Waals surface area contributed by atoms with Crippen molar-refractivity contribution in [2.75, 3.05) is 13.2 Å². The van der Waals surface area contributed by atoms with E-state index in [2.05, 4.69) is 10.6 Å². The van der Waals surface area contributed by atoms with E-state index in [1.807, 2.05) is 18.4 Å². The van der Waals surface area contributed by atoms with Crippen LogP contribution in [-0.4, -0.2) is 36.1 Å². The normalized spacial score (nSPS) is 11.9. The molecule has 2 amide bonds. The summed E-state index contributed by atoms with van der Waals surface area (Å²) in [5.74, 6) is -0.191. The summed E-state index contributed by atoms with van der Waals surface area (Å²) < 4.78 is 0. The van der Waals surface area contributed by atoms with Gasteiger partial charge in [-0.2, -0.15) is 0 Å². The lowest BCUT2D eigenvalue weighted by Crippen LogP contribution is -2.37. The molecule has 1 aromatic rings. The Hall–Kier alpha value is -1.40. The van der Waals surface area contributed by atoms with E-state index in [1.54, 1.807) is 6.07 Å². The molecule has 0 saturated heterocycles. The Morgan fingerprint density at radius 2 is 2.26 bits per heavy atom. The van der Waals surface area contributed by atoms with E-state index in [1.165, 1.54) is 11.3 Å². The van der Waals surface area contributed by atoms with Gasteiger partial charge >= 0.3 is 0 Å². The largest absolute Gasteiger partial charge is 0.394 e. The first-order valence-corrected chi connectivity index (χ1v) is 7.27. The van der Waals surface area contributed by atoms with Gasteiger partial charge in [-0.15, -0.1) is 11.3 Å². The van der Waals surface area contributed by atoms with Gasteiger partial charge in [0.1, 0.15) is 0 Å². The van der Waals surface area contributed by atoms with Crippen molar-refractivity contribution in [3.8, 4) is 0 Å². The number of aliphatic hydroxyl groups excluding tert-OH is 1. The van der Waals surface area contributed by atoms with Gasteiger partial charge in [-0.3, -0.25) is 9.59 Å². The SMILES string of the molecule is CC[C@H](CO)NC(=O)CCCNC(=O)c1cccs1. The molecule has 0 radical (unpaired) electrons. The minimum absolute atomic E-state index is 0.0443. The summed E-state index contributed by atoms with van der Waals surface area (Å²) in [6, 6.07) is 3.42. The fraction of sp³-hybridized carbons (Fsp3) is 0.538. The summed E-state index contributed by atoms with van der Waals surface area (Å²) in [6.45, 7) is 2.33. The maximum Gasteiger partial charge on any atom is 0.261 e. The lowest BCUT2D eigenvalue weighted by atomic mass is 10.2. The van der Waals surface area contributed by atoms with Gasteiger partial charge in [-0.1, -0.05) is 13.0 Å². The third-order valence-electron chi connectivity index (χ3n) is 2.69. The molecular formula is C13H20N2O3S. The molecule has 0 unspecified atom stereocenters. The summed E-state index contributed by atoms with van der Waals surface area (Å²) >= 11 is 1.39. The number of amides is 2. The van der Waals surface area contributed by atoms with E-state index in [0.717, 1.165) is 0 Å². The number of thiophene rings is 1. The van der Waals surface area contributed by atoms with Crippen molar-refractivity contribution in [2.24, 2.45) is 0 Å². The molecular weight excluding hydrogens is 264 g/mol. The number of carbonyl (C=O) groups excluding carboxylic acids is 2. The number of hydrogen-bond donors (Lipinski definition) is 3. The second kappa shape index (κ2) is 8.66. The van der Waals surface area contributed by atoms with Crippen LogP contribution in [0.3, 0.4) is 0 Å². The van der Waals surface area contributed by atoms with Crippen molar-refractivity contribution < 1.29 is 14.7 Å². The van der Waals surface area contributed by atoms with E-state index < -0.39 is 0 Å². The number of hydrogen-bond acceptors (Lipinski definition) is 4. The standard InChI is InChI=1S/C13H20N2O3S/c1-2-10(9-16)15-12(17)6-3-7-14-13(18)11-5-4-8-19-11/h4-5,8,10,16H,2-3,6-7,9H2,1H3,(H,14,18)(H,15,17)/t10-/m1/s1. The van der Waals surface area contributed by atoms with Crippen LogP contribution in [-0.2, 0) is 4.79 Å². The van der Waals surface area contributed by atoms with Crippen LogP contribution < -0.4 is 10.6 Å². The average Bonchev–Trinajstić information content (AvgIpc) is 2.94. The zero-order valence-electron chi connectivity index (χ0n) is 11.0. The van der Waals surface area contributed by atoms with Gasteiger partial charge < -0.3 is 15.7 Å². The fourth-order valence-electron chi connectivity index (χ4n) is 1.52. The number of rotatable bonds is 8. The summed E-state index contributed by atoms with van der Waals surface area (Å²) in [4.78, 5) is 23.8. The van der Waals surface area contributed by atoms with Gasteiger partial charge in [-0.05, 0) is 24.3 Å². The van der Waals surface area contributed by atoms with Gasteiger partial charge in [0.25, 0.3) is 5.91 Å². The average molecular weight is 284 g/mol. The molecule has 0 bridgehead atoms. The minimum atomic E-state index is -0.173. The maximum absolute atomic E-state index is 11.6. The second-order valence-electron chi connectivity index (χ2n) is 4.19. The molecule has 1 heterocycles. The Bertz CT molecular complexity index is 389. The van der Waals surface area contributed by atoms with E-state index >= 15 is 0 Å². The number of nitrogens with one attached hydrogen (secondary N) is 2.